The molecule has 2 N–H and O–H groups in total. The molecule has 0 saturated carbocycles. The van der Waals surface area contributed by atoms with Crippen molar-refractivity contribution in [2.45, 2.75) is 45.8 Å². The fraction of sp³-hybridized carbons (Fsp3) is 0.538. The highest BCUT2D eigenvalue weighted by Crippen LogP contribution is 2.21. The molecule has 4 nitrogen and oxygen atoms in total. The van der Waals surface area contributed by atoms with Crippen LogP contribution in [0.15, 0.2) is 24.4 Å². The van der Waals surface area contributed by atoms with E-state index in [1.54, 1.807) is 18.0 Å². The molecule has 0 fully saturated rings. The molecule has 0 bridgehead atoms. The minimum absolute atomic E-state index is 0.0434. The molecule has 0 saturated heterocycles. The average Bonchev–Trinajstić information content (AvgIpc) is 2.29. The minimum Gasteiger partial charge on any atom is -0.331 e. The molecule has 1 heterocycles. The number of amides is 1. The van der Waals surface area contributed by atoms with Crippen LogP contribution >= 0.6 is 0 Å². The zero-order valence-corrected chi connectivity index (χ0v) is 10.9. The molecule has 2 atom stereocenters. The number of hydrogen-bond acceptors (Lipinski definition) is 3. The van der Waals surface area contributed by atoms with E-state index in [1.165, 1.54) is 0 Å². The van der Waals surface area contributed by atoms with Crippen molar-refractivity contribution in [3.63, 3.8) is 0 Å². The number of nitrogens with two attached hydrogens (primary N) is 1. The molecule has 0 radical (unpaired) electrons. The molecule has 0 aliphatic heterocycles. The number of nitrogens with zero attached hydrogens (tertiary/aromatic N) is 2. The second kappa shape index (κ2) is 5.77. The van der Waals surface area contributed by atoms with Gasteiger partial charge in [-0.15, -0.1) is 0 Å². The van der Waals surface area contributed by atoms with Gasteiger partial charge in [0.15, 0.2) is 0 Å². The molecule has 0 spiro atoms. The molecule has 17 heavy (non-hydrogen) atoms. The van der Waals surface area contributed by atoms with Gasteiger partial charge in [-0.25, -0.2) is 0 Å². The summed E-state index contributed by atoms with van der Waals surface area (Å²) in [5.41, 5.74) is 6.56. The molecule has 0 aliphatic carbocycles. The highest BCUT2D eigenvalue weighted by molar-refractivity contribution is 5.81. The van der Waals surface area contributed by atoms with Gasteiger partial charge in [0, 0.05) is 12.2 Å². The van der Waals surface area contributed by atoms with Crippen LogP contribution < -0.4 is 5.73 Å². The Morgan fingerprint density at radius 3 is 2.35 bits per heavy atom. The van der Waals surface area contributed by atoms with Crippen LogP contribution in [0.25, 0.3) is 0 Å². The van der Waals surface area contributed by atoms with Crippen LogP contribution in [-0.4, -0.2) is 27.9 Å². The first-order valence-electron chi connectivity index (χ1n) is 5.93. The van der Waals surface area contributed by atoms with Gasteiger partial charge < -0.3 is 10.6 Å². The quantitative estimate of drug-likeness (QED) is 0.864. The Bertz CT molecular complexity index is 362. The summed E-state index contributed by atoms with van der Waals surface area (Å²) in [5, 5.41) is 0. The van der Waals surface area contributed by atoms with Crippen molar-refractivity contribution in [3.05, 3.63) is 30.1 Å². The Kier molecular flexibility index (Phi) is 4.63. The lowest BCUT2D eigenvalue weighted by atomic mass is 10.1. The molecule has 0 unspecified atom stereocenters. The van der Waals surface area contributed by atoms with E-state index in [0.717, 1.165) is 5.69 Å². The van der Waals surface area contributed by atoms with Crippen molar-refractivity contribution in [2.75, 3.05) is 0 Å². The summed E-state index contributed by atoms with van der Waals surface area (Å²) < 4.78 is 0. The standard InChI is InChI=1S/C13H21N3O/c1-9(2)16(13(17)10(3)14)11(4)12-7-5-6-8-15-12/h5-11H,14H2,1-4H3/t10-,11+/m0/s1. The van der Waals surface area contributed by atoms with Gasteiger partial charge in [0.2, 0.25) is 5.91 Å². The van der Waals surface area contributed by atoms with E-state index >= 15 is 0 Å². The summed E-state index contributed by atoms with van der Waals surface area (Å²) >= 11 is 0. The summed E-state index contributed by atoms with van der Waals surface area (Å²) in [6.45, 7) is 7.66. The van der Waals surface area contributed by atoms with E-state index in [0.29, 0.717) is 0 Å². The van der Waals surface area contributed by atoms with Gasteiger partial charge in [-0.2, -0.15) is 0 Å². The molecule has 4 heteroatoms. The summed E-state index contributed by atoms with van der Waals surface area (Å²) in [4.78, 5) is 18.1. The van der Waals surface area contributed by atoms with E-state index in [2.05, 4.69) is 4.98 Å². The maximum Gasteiger partial charge on any atom is 0.239 e. The van der Waals surface area contributed by atoms with Crippen LogP contribution in [0.3, 0.4) is 0 Å². The third kappa shape index (κ3) is 3.27. The molecular weight excluding hydrogens is 214 g/mol. The topological polar surface area (TPSA) is 59.2 Å². The number of carbonyl (C=O) groups is 1. The first kappa shape index (κ1) is 13.6. The highest BCUT2D eigenvalue weighted by Gasteiger charge is 2.26. The van der Waals surface area contributed by atoms with Gasteiger partial charge in [0.1, 0.15) is 0 Å². The normalized spacial score (nSPS) is 14.5. The molecule has 1 aromatic rings. The molecule has 1 amide bonds. The average molecular weight is 235 g/mol. The Labute approximate surface area is 103 Å². The van der Waals surface area contributed by atoms with E-state index in [9.17, 15) is 4.79 Å². The predicted octanol–water partition coefficient (Wildman–Crippen LogP) is 1.73. The van der Waals surface area contributed by atoms with Crippen molar-refractivity contribution in [2.24, 2.45) is 5.73 Å². The SMILES string of the molecule is CC(C)N(C(=O)[C@H](C)N)[C@H](C)c1ccccn1. The Morgan fingerprint density at radius 1 is 1.29 bits per heavy atom. The zero-order chi connectivity index (χ0) is 13.0. The maximum absolute atomic E-state index is 12.1. The summed E-state index contributed by atoms with van der Waals surface area (Å²) in [5.74, 6) is -0.0434. The zero-order valence-electron chi connectivity index (χ0n) is 10.9. The minimum atomic E-state index is -0.483. The number of pyridine rings is 1. The van der Waals surface area contributed by atoms with Crippen molar-refractivity contribution in [1.29, 1.82) is 0 Å². The second-order valence-electron chi connectivity index (χ2n) is 4.56. The van der Waals surface area contributed by atoms with Crippen molar-refractivity contribution >= 4 is 5.91 Å². The van der Waals surface area contributed by atoms with Crippen LogP contribution in [0.4, 0.5) is 0 Å². The lowest BCUT2D eigenvalue weighted by Crippen LogP contribution is -2.46. The van der Waals surface area contributed by atoms with Crippen molar-refractivity contribution in [1.82, 2.24) is 9.88 Å². The highest BCUT2D eigenvalue weighted by atomic mass is 16.2. The summed E-state index contributed by atoms with van der Waals surface area (Å²) in [7, 11) is 0. The smallest absolute Gasteiger partial charge is 0.239 e. The third-order valence-electron chi connectivity index (χ3n) is 2.73. The van der Waals surface area contributed by atoms with Crippen LogP contribution in [0.1, 0.15) is 39.4 Å². The third-order valence-corrected chi connectivity index (χ3v) is 2.73. The van der Waals surface area contributed by atoms with Crippen LogP contribution in [-0.2, 0) is 4.79 Å². The van der Waals surface area contributed by atoms with E-state index < -0.39 is 6.04 Å². The summed E-state index contributed by atoms with van der Waals surface area (Å²) in [6.07, 6.45) is 1.74. The number of carbonyl (C=O) groups excluding carboxylic acids is 1. The fourth-order valence-corrected chi connectivity index (χ4v) is 1.89. The molecule has 1 rings (SSSR count). The van der Waals surface area contributed by atoms with Crippen LogP contribution in [0.5, 0.6) is 0 Å². The van der Waals surface area contributed by atoms with Crippen molar-refractivity contribution in [3.8, 4) is 0 Å². The van der Waals surface area contributed by atoms with E-state index in [-0.39, 0.29) is 18.0 Å². The lowest BCUT2D eigenvalue weighted by molar-refractivity contribution is -0.136. The van der Waals surface area contributed by atoms with Crippen molar-refractivity contribution < 1.29 is 4.79 Å². The van der Waals surface area contributed by atoms with Crippen LogP contribution in [0.2, 0.25) is 0 Å². The molecule has 1 aromatic heterocycles. The predicted molar refractivity (Wildman–Crippen MR) is 68.3 cm³/mol. The second-order valence-corrected chi connectivity index (χ2v) is 4.56. The molecule has 94 valence electrons. The van der Waals surface area contributed by atoms with Crippen LogP contribution in [0, 0.1) is 0 Å². The van der Waals surface area contributed by atoms with E-state index in [1.807, 2.05) is 39.0 Å². The number of hydrogen-bond donors (Lipinski definition) is 1. The van der Waals surface area contributed by atoms with Gasteiger partial charge in [-0.1, -0.05) is 6.07 Å². The van der Waals surface area contributed by atoms with Gasteiger partial charge >= 0.3 is 0 Å². The Balaban J connectivity index is 2.96. The lowest BCUT2D eigenvalue weighted by Gasteiger charge is -2.33. The molecule has 0 aromatic carbocycles. The maximum atomic E-state index is 12.1. The van der Waals surface area contributed by atoms with Gasteiger partial charge in [0.25, 0.3) is 0 Å². The molecule has 0 aliphatic rings. The number of rotatable bonds is 4. The monoisotopic (exact) mass is 235 g/mol. The van der Waals surface area contributed by atoms with E-state index in [4.69, 9.17) is 5.73 Å². The summed E-state index contributed by atoms with van der Waals surface area (Å²) in [6, 6.07) is 5.27. The number of aromatic nitrogens is 1. The Morgan fingerprint density at radius 2 is 1.94 bits per heavy atom. The van der Waals surface area contributed by atoms with Gasteiger partial charge in [-0.05, 0) is 39.8 Å². The van der Waals surface area contributed by atoms with Gasteiger partial charge in [0.05, 0.1) is 17.8 Å². The Hall–Kier alpha value is -1.42. The molecular formula is C13H21N3O. The largest absolute Gasteiger partial charge is 0.331 e. The fourth-order valence-electron chi connectivity index (χ4n) is 1.89. The first-order valence-corrected chi connectivity index (χ1v) is 5.93. The first-order chi connectivity index (χ1) is 7.95. The van der Waals surface area contributed by atoms with Gasteiger partial charge in [-0.3, -0.25) is 9.78 Å².